The van der Waals surface area contributed by atoms with Gasteiger partial charge in [0.05, 0.1) is 14.2 Å². The van der Waals surface area contributed by atoms with Gasteiger partial charge in [-0.25, -0.2) is 9.97 Å². The molecule has 0 unspecified atom stereocenters. The maximum Gasteiger partial charge on any atom is 0.324 e. The van der Waals surface area contributed by atoms with E-state index in [-0.39, 0.29) is 12.0 Å². The molecule has 0 aromatic carbocycles. The van der Waals surface area contributed by atoms with Crippen LogP contribution >= 0.6 is 0 Å². The minimum atomic E-state index is 0.246. The third kappa shape index (κ3) is 2.97. The zero-order valence-corrected chi connectivity index (χ0v) is 12.5. The van der Waals surface area contributed by atoms with E-state index in [0.29, 0.717) is 5.95 Å². The largest absolute Gasteiger partial charge is 0.467 e. The second-order valence-electron chi connectivity index (χ2n) is 4.63. The first-order valence-electron chi connectivity index (χ1n) is 6.91. The van der Waals surface area contributed by atoms with E-state index in [4.69, 9.17) is 9.47 Å². The van der Waals surface area contributed by atoms with Crippen LogP contribution in [0.4, 0.5) is 11.9 Å². The first-order valence-corrected chi connectivity index (χ1v) is 6.91. The number of nitrogens with zero attached hydrogens (tertiary/aromatic N) is 7. The van der Waals surface area contributed by atoms with Gasteiger partial charge in [0.1, 0.15) is 0 Å². The number of methoxy groups -OCH3 is 2. The summed E-state index contributed by atoms with van der Waals surface area (Å²) < 4.78 is 10.2. The highest BCUT2D eigenvalue weighted by atomic mass is 16.5. The number of piperazine rings is 1. The molecule has 0 aliphatic carbocycles. The van der Waals surface area contributed by atoms with Crippen LogP contribution in [-0.2, 0) is 0 Å². The Morgan fingerprint density at radius 1 is 0.773 bits per heavy atom. The third-order valence-electron chi connectivity index (χ3n) is 3.35. The van der Waals surface area contributed by atoms with Gasteiger partial charge in [-0.2, -0.15) is 9.97 Å². The summed E-state index contributed by atoms with van der Waals surface area (Å²) in [5.41, 5.74) is 0. The molecule has 22 heavy (non-hydrogen) atoms. The van der Waals surface area contributed by atoms with Gasteiger partial charge in [0.25, 0.3) is 0 Å². The molecule has 1 saturated heterocycles. The van der Waals surface area contributed by atoms with Crippen LogP contribution in [0.1, 0.15) is 0 Å². The molecule has 0 N–H and O–H groups in total. The SMILES string of the molecule is COc1nc(OC)nc(N2CCN(c3ncccn3)CC2)n1. The predicted octanol–water partition coefficient (Wildman–Crippen LogP) is 0.00540. The van der Waals surface area contributed by atoms with Crippen molar-refractivity contribution < 1.29 is 9.47 Å². The van der Waals surface area contributed by atoms with Crippen LogP contribution in [0, 0.1) is 0 Å². The van der Waals surface area contributed by atoms with E-state index in [1.165, 1.54) is 14.2 Å². The molecule has 2 aromatic heterocycles. The second kappa shape index (κ2) is 6.37. The van der Waals surface area contributed by atoms with Crippen LogP contribution < -0.4 is 19.3 Å². The van der Waals surface area contributed by atoms with Crippen LogP contribution in [0.25, 0.3) is 0 Å². The molecule has 0 radical (unpaired) electrons. The molecule has 0 atom stereocenters. The second-order valence-corrected chi connectivity index (χ2v) is 4.63. The Morgan fingerprint density at radius 2 is 1.27 bits per heavy atom. The fraction of sp³-hybridized carbons (Fsp3) is 0.462. The Hall–Kier alpha value is -2.71. The lowest BCUT2D eigenvalue weighted by molar-refractivity contribution is 0.339. The smallest absolute Gasteiger partial charge is 0.324 e. The number of anilines is 2. The van der Waals surface area contributed by atoms with Crippen LogP contribution in [0.15, 0.2) is 18.5 Å². The van der Waals surface area contributed by atoms with Crippen molar-refractivity contribution in [2.75, 3.05) is 50.2 Å². The Balaban J connectivity index is 1.71. The monoisotopic (exact) mass is 303 g/mol. The van der Waals surface area contributed by atoms with Gasteiger partial charge < -0.3 is 19.3 Å². The fourth-order valence-electron chi connectivity index (χ4n) is 2.21. The van der Waals surface area contributed by atoms with Gasteiger partial charge in [-0.1, -0.05) is 0 Å². The topological polar surface area (TPSA) is 89.4 Å². The number of hydrogen-bond acceptors (Lipinski definition) is 9. The van der Waals surface area contributed by atoms with E-state index in [9.17, 15) is 0 Å². The summed E-state index contributed by atoms with van der Waals surface area (Å²) in [6, 6.07) is 2.30. The number of aromatic nitrogens is 5. The van der Waals surface area contributed by atoms with Gasteiger partial charge in [0.2, 0.25) is 11.9 Å². The van der Waals surface area contributed by atoms with Gasteiger partial charge in [-0.3, -0.25) is 0 Å². The maximum atomic E-state index is 5.08. The highest BCUT2D eigenvalue weighted by molar-refractivity contribution is 5.38. The fourth-order valence-corrected chi connectivity index (χ4v) is 2.21. The van der Waals surface area contributed by atoms with E-state index in [1.807, 2.05) is 6.07 Å². The molecule has 1 aliphatic heterocycles. The molecule has 3 heterocycles. The lowest BCUT2D eigenvalue weighted by Crippen LogP contribution is -2.47. The summed E-state index contributed by atoms with van der Waals surface area (Å²) in [7, 11) is 3.03. The molecular weight excluding hydrogens is 286 g/mol. The van der Waals surface area contributed by atoms with E-state index in [2.05, 4.69) is 34.7 Å². The normalized spacial score (nSPS) is 14.8. The van der Waals surface area contributed by atoms with Crippen molar-refractivity contribution in [3.05, 3.63) is 18.5 Å². The molecule has 0 saturated carbocycles. The van der Waals surface area contributed by atoms with Crippen molar-refractivity contribution in [2.24, 2.45) is 0 Å². The van der Waals surface area contributed by atoms with Crippen molar-refractivity contribution in [2.45, 2.75) is 0 Å². The number of ether oxygens (including phenoxy) is 2. The third-order valence-corrected chi connectivity index (χ3v) is 3.35. The highest BCUT2D eigenvalue weighted by Crippen LogP contribution is 2.18. The molecule has 3 rings (SSSR count). The molecule has 116 valence electrons. The van der Waals surface area contributed by atoms with Crippen LogP contribution in [0.3, 0.4) is 0 Å². The van der Waals surface area contributed by atoms with E-state index >= 15 is 0 Å². The summed E-state index contributed by atoms with van der Waals surface area (Å²) in [5, 5.41) is 0. The quantitative estimate of drug-likeness (QED) is 0.774. The van der Waals surface area contributed by atoms with E-state index in [0.717, 1.165) is 32.1 Å². The van der Waals surface area contributed by atoms with Gasteiger partial charge >= 0.3 is 12.0 Å². The highest BCUT2D eigenvalue weighted by Gasteiger charge is 2.22. The Labute approximate surface area is 128 Å². The van der Waals surface area contributed by atoms with Gasteiger partial charge in [-0.15, -0.1) is 4.98 Å². The molecule has 0 spiro atoms. The molecule has 1 fully saturated rings. The van der Waals surface area contributed by atoms with Gasteiger partial charge in [0.15, 0.2) is 0 Å². The van der Waals surface area contributed by atoms with Crippen LogP contribution in [-0.4, -0.2) is 65.3 Å². The van der Waals surface area contributed by atoms with Crippen molar-refractivity contribution in [3.63, 3.8) is 0 Å². The average molecular weight is 303 g/mol. The number of hydrogen-bond donors (Lipinski definition) is 0. The molecule has 0 bridgehead atoms. The van der Waals surface area contributed by atoms with Gasteiger partial charge in [0, 0.05) is 38.6 Å². The summed E-state index contributed by atoms with van der Waals surface area (Å²) >= 11 is 0. The van der Waals surface area contributed by atoms with Crippen LogP contribution in [0.5, 0.6) is 12.0 Å². The molecule has 0 amide bonds. The van der Waals surface area contributed by atoms with E-state index < -0.39 is 0 Å². The molecule has 1 aliphatic rings. The molecular formula is C13H17N7O2. The van der Waals surface area contributed by atoms with Gasteiger partial charge in [-0.05, 0) is 6.07 Å². The van der Waals surface area contributed by atoms with E-state index in [1.54, 1.807) is 12.4 Å². The summed E-state index contributed by atoms with van der Waals surface area (Å²) in [5.74, 6) is 1.30. The Morgan fingerprint density at radius 3 is 1.77 bits per heavy atom. The first kappa shape index (κ1) is 14.2. The van der Waals surface area contributed by atoms with Crippen molar-refractivity contribution in [1.82, 2.24) is 24.9 Å². The number of rotatable bonds is 4. The predicted molar refractivity (Wildman–Crippen MR) is 79.4 cm³/mol. The minimum absolute atomic E-state index is 0.246. The summed E-state index contributed by atoms with van der Waals surface area (Å²) in [4.78, 5) is 25.3. The lowest BCUT2D eigenvalue weighted by atomic mass is 10.3. The molecule has 9 nitrogen and oxygen atoms in total. The summed E-state index contributed by atoms with van der Waals surface area (Å²) in [6.07, 6.45) is 3.49. The Bertz CT molecular complexity index is 595. The zero-order chi connectivity index (χ0) is 15.4. The maximum absolute atomic E-state index is 5.08. The van der Waals surface area contributed by atoms with Crippen molar-refractivity contribution in [1.29, 1.82) is 0 Å². The Kier molecular flexibility index (Phi) is 4.12. The molecule has 2 aromatic rings. The summed E-state index contributed by atoms with van der Waals surface area (Å²) in [6.45, 7) is 3.10. The van der Waals surface area contributed by atoms with Crippen LogP contribution in [0.2, 0.25) is 0 Å². The molecule has 9 heteroatoms. The zero-order valence-electron chi connectivity index (χ0n) is 12.5. The average Bonchev–Trinajstić information content (AvgIpc) is 2.62. The van der Waals surface area contributed by atoms with Crippen molar-refractivity contribution >= 4 is 11.9 Å². The lowest BCUT2D eigenvalue weighted by Gasteiger charge is -2.34. The first-order chi connectivity index (χ1) is 10.8. The van der Waals surface area contributed by atoms with Crippen molar-refractivity contribution in [3.8, 4) is 12.0 Å². The minimum Gasteiger partial charge on any atom is -0.467 e. The standard InChI is InChI=1S/C13H17N7O2/c1-21-12-16-11(17-13(18-12)22-2)20-8-6-19(7-9-20)10-14-4-3-5-15-10/h3-5H,6-9H2,1-2H3.